The van der Waals surface area contributed by atoms with Crippen molar-refractivity contribution in [2.45, 2.75) is 31.5 Å². The van der Waals surface area contributed by atoms with Gasteiger partial charge in [0.1, 0.15) is 6.10 Å². The first-order valence-corrected chi connectivity index (χ1v) is 3.85. The quantitative estimate of drug-likeness (QED) is 0.513. The molecule has 2 aliphatic rings. The summed E-state index contributed by atoms with van der Waals surface area (Å²) in [5, 5.41) is 9.22. The van der Waals surface area contributed by atoms with Gasteiger partial charge in [-0.1, -0.05) is 0 Å². The summed E-state index contributed by atoms with van der Waals surface area (Å²) in [6.07, 6.45) is 3.29. The molecular formula is C8H10O3. The predicted octanol–water partition coefficient (Wildman–Crippen LogP) is 0.383. The molecule has 0 aromatic rings. The third kappa shape index (κ3) is 1.16. The van der Waals surface area contributed by atoms with Crippen LogP contribution in [0.5, 0.6) is 0 Å². The number of ether oxygens (including phenoxy) is 1. The van der Waals surface area contributed by atoms with Crippen molar-refractivity contribution >= 4 is 5.97 Å². The molecule has 0 aromatic carbocycles. The van der Waals surface area contributed by atoms with Crippen molar-refractivity contribution in [2.75, 3.05) is 0 Å². The van der Waals surface area contributed by atoms with Crippen molar-refractivity contribution in [1.82, 2.24) is 0 Å². The van der Waals surface area contributed by atoms with Crippen LogP contribution in [0.3, 0.4) is 0 Å². The molecule has 1 N–H and O–H groups in total. The molecule has 0 amide bonds. The van der Waals surface area contributed by atoms with Gasteiger partial charge in [0.15, 0.2) is 0 Å². The van der Waals surface area contributed by atoms with Gasteiger partial charge in [0, 0.05) is 12.5 Å². The summed E-state index contributed by atoms with van der Waals surface area (Å²) in [5.41, 5.74) is 1.06. The topological polar surface area (TPSA) is 46.5 Å². The van der Waals surface area contributed by atoms with Crippen LogP contribution in [0.1, 0.15) is 19.3 Å². The Kier molecular flexibility index (Phi) is 1.46. The van der Waals surface area contributed by atoms with Gasteiger partial charge >= 0.3 is 5.97 Å². The zero-order chi connectivity index (χ0) is 7.84. The summed E-state index contributed by atoms with van der Waals surface area (Å²) in [6, 6.07) is 0. The fraction of sp³-hybridized carbons (Fsp3) is 0.625. The Balaban J connectivity index is 2.13. The molecule has 3 heteroatoms. The Bertz CT molecular complexity index is 219. The highest BCUT2D eigenvalue weighted by atomic mass is 16.5. The molecule has 1 saturated carbocycles. The standard InChI is InChI=1S/C8H10O3/c9-6-2-1-5-3-8(10)11-7(5)4-6/h3,6-7,9H,1-2,4H2/t6-,7+/m1/s1. The molecule has 0 bridgehead atoms. The minimum Gasteiger partial charge on any atom is -0.455 e. The number of aliphatic hydroxyl groups excluding tert-OH is 1. The van der Waals surface area contributed by atoms with Crippen molar-refractivity contribution in [2.24, 2.45) is 0 Å². The van der Waals surface area contributed by atoms with Crippen molar-refractivity contribution in [3.8, 4) is 0 Å². The second kappa shape index (κ2) is 2.34. The Hall–Kier alpha value is -0.830. The summed E-state index contributed by atoms with van der Waals surface area (Å²) in [7, 11) is 0. The summed E-state index contributed by atoms with van der Waals surface area (Å²) >= 11 is 0. The number of fused-ring (bicyclic) bond motifs is 1. The maximum Gasteiger partial charge on any atom is 0.331 e. The van der Waals surface area contributed by atoms with Crippen LogP contribution in [0, 0.1) is 0 Å². The molecule has 3 nitrogen and oxygen atoms in total. The van der Waals surface area contributed by atoms with Crippen LogP contribution in [-0.4, -0.2) is 23.3 Å². The molecular weight excluding hydrogens is 144 g/mol. The Morgan fingerprint density at radius 2 is 2.45 bits per heavy atom. The highest BCUT2D eigenvalue weighted by molar-refractivity contribution is 5.85. The minimum atomic E-state index is -0.289. The number of hydrogen-bond acceptors (Lipinski definition) is 3. The Morgan fingerprint density at radius 1 is 1.64 bits per heavy atom. The first kappa shape index (κ1) is 6.85. The number of rotatable bonds is 0. The molecule has 2 rings (SSSR count). The van der Waals surface area contributed by atoms with Gasteiger partial charge in [-0.05, 0) is 18.4 Å². The van der Waals surface area contributed by atoms with Crippen molar-refractivity contribution < 1.29 is 14.6 Å². The lowest BCUT2D eigenvalue weighted by molar-refractivity contribution is -0.140. The first-order valence-electron chi connectivity index (χ1n) is 3.85. The van der Waals surface area contributed by atoms with Crippen LogP contribution in [0.25, 0.3) is 0 Å². The number of aliphatic hydroxyl groups is 1. The average Bonchev–Trinajstić information content (AvgIpc) is 2.27. The summed E-state index contributed by atoms with van der Waals surface area (Å²) in [4.78, 5) is 10.7. The maximum atomic E-state index is 10.7. The Labute approximate surface area is 64.7 Å². The van der Waals surface area contributed by atoms with Gasteiger partial charge in [0.2, 0.25) is 0 Å². The van der Waals surface area contributed by atoms with E-state index in [-0.39, 0.29) is 18.2 Å². The molecule has 0 saturated heterocycles. The first-order chi connectivity index (χ1) is 5.25. The number of esters is 1. The number of carbonyl (C=O) groups excluding carboxylic acids is 1. The second-order valence-electron chi connectivity index (χ2n) is 3.07. The highest BCUT2D eigenvalue weighted by Gasteiger charge is 2.31. The van der Waals surface area contributed by atoms with Gasteiger partial charge < -0.3 is 9.84 Å². The third-order valence-electron chi connectivity index (χ3n) is 2.23. The van der Waals surface area contributed by atoms with E-state index in [2.05, 4.69) is 0 Å². The predicted molar refractivity (Wildman–Crippen MR) is 37.8 cm³/mol. The normalized spacial score (nSPS) is 36.1. The largest absolute Gasteiger partial charge is 0.455 e. The zero-order valence-electron chi connectivity index (χ0n) is 6.12. The van der Waals surface area contributed by atoms with Gasteiger partial charge in [0.25, 0.3) is 0 Å². The van der Waals surface area contributed by atoms with E-state index in [1.807, 2.05) is 0 Å². The smallest absolute Gasteiger partial charge is 0.331 e. The van der Waals surface area contributed by atoms with E-state index in [1.165, 1.54) is 0 Å². The Morgan fingerprint density at radius 3 is 3.27 bits per heavy atom. The minimum absolute atomic E-state index is 0.119. The van der Waals surface area contributed by atoms with E-state index in [0.29, 0.717) is 6.42 Å². The average molecular weight is 154 g/mol. The molecule has 1 fully saturated rings. The summed E-state index contributed by atoms with van der Waals surface area (Å²) < 4.78 is 4.94. The molecule has 60 valence electrons. The van der Waals surface area contributed by atoms with E-state index in [9.17, 15) is 9.90 Å². The lowest BCUT2D eigenvalue weighted by Crippen LogP contribution is -2.25. The van der Waals surface area contributed by atoms with Crippen LogP contribution in [0.2, 0.25) is 0 Å². The second-order valence-corrected chi connectivity index (χ2v) is 3.07. The number of carbonyl (C=O) groups is 1. The van der Waals surface area contributed by atoms with E-state index in [1.54, 1.807) is 6.08 Å². The van der Waals surface area contributed by atoms with E-state index < -0.39 is 0 Å². The van der Waals surface area contributed by atoms with Crippen molar-refractivity contribution in [1.29, 1.82) is 0 Å². The molecule has 0 aromatic heterocycles. The molecule has 0 spiro atoms. The highest BCUT2D eigenvalue weighted by Crippen LogP contribution is 2.30. The zero-order valence-corrected chi connectivity index (χ0v) is 6.12. The van der Waals surface area contributed by atoms with Crippen LogP contribution < -0.4 is 0 Å². The number of hydrogen-bond donors (Lipinski definition) is 1. The molecule has 1 aliphatic carbocycles. The van der Waals surface area contributed by atoms with Gasteiger partial charge in [-0.3, -0.25) is 0 Å². The molecule has 11 heavy (non-hydrogen) atoms. The van der Waals surface area contributed by atoms with Crippen molar-refractivity contribution in [3.63, 3.8) is 0 Å². The maximum absolute atomic E-state index is 10.7. The van der Waals surface area contributed by atoms with Gasteiger partial charge in [0.05, 0.1) is 6.10 Å². The summed E-state index contributed by atoms with van der Waals surface area (Å²) in [6.45, 7) is 0. The van der Waals surface area contributed by atoms with Crippen LogP contribution in [-0.2, 0) is 9.53 Å². The van der Waals surface area contributed by atoms with Crippen molar-refractivity contribution in [3.05, 3.63) is 11.6 Å². The molecule has 1 aliphatic heterocycles. The van der Waals surface area contributed by atoms with E-state index >= 15 is 0 Å². The fourth-order valence-corrected chi connectivity index (χ4v) is 1.63. The SMILES string of the molecule is O=C1C=C2CC[C@@H](O)C[C@@H]2O1. The van der Waals surface area contributed by atoms with Crippen LogP contribution in [0.4, 0.5) is 0 Å². The van der Waals surface area contributed by atoms with Crippen LogP contribution >= 0.6 is 0 Å². The van der Waals surface area contributed by atoms with Gasteiger partial charge in [-0.25, -0.2) is 4.79 Å². The van der Waals surface area contributed by atoms with Gasteiger partial charge in [-0.2, -0.15) is 0 Å². The van der Waals surface area contributed by atoms with E-state index in [4.69, 9.17) is 4.74 Å². The van der Waals surface area contributed by atoms with E-state index in [0.717, 1.165) is 18.4 Å². The fourth-order valence-electron chi connectivity index (χ4n) is 1.63. The molecule has 2 atom stereocenters. The van der Waals surface area contributed by atoms with Gasteiger partial charge in [-0.15, -0.1) is 0 Å². The third-order valence-corrected chi connectivity index (χ3v) is 2.23. The van der Waals surface area contributed by atoms with Crippen LogP contribution in [0.15, 0.2) is 11.6 Å². The molecule has 0 unspecified atom stereocenters. The lowest BCUT2D eigenvalue weighted by Gasteiger charge is -2.23. The monoisotopic (exact) mass is 154 g/mol. The summed E-state index contributed by atoms with van der Waals surface area (Å²) in [5.74, 6) is -0.251. The molecule has 0 radical (unpaired) electrons. The molecule has 1 heterocycles. The lowest BCUT2D eigenvalue weighted by atomic mass is 9.91.